The summed E-state index contributed by atoms with van der Waals surface area (Å²) in [6.45, 7) is 4.65. The highest BCUT2D eigenvalue weighted by atomic mass is 16.6. The number of rotatable bonds is 4. The van der Waals surface area contributed by atoms with Gasteiger partial charge in [-0.1, -0.05) is 0 Å². The fraction of sp³-hybridized carbons (Fsp3) is 0.550. The molecule has 0 bridgehead atoms. The van der Waals surface area contributed by atoms with Crippen LogP contribution in [0.5, 0.6) is 0 Å². The molecule has 2 aromatic rings. The SMILES string of the molecule is CN1CCC(N2CCC(Nc3ccc([N+](=O)[O-])c4cnccc34)CC2)CC1. The van der Waals surface area contributed by atoms with Crippen molar-refractivity contribution in [1.82, 2.24) is 14.8 Å². The minimum absolute atomic E-state index is 0.112. The molecule has 1 aromatic heterocycles. The van der Waals surface area contributed by atoms with E-state index < -0.39 is 0 Å². The van der Waals surface area contributed by atoms with E-state index in [1.807, 2.05) is 12.1 Å². The minimum atomic E-state index is -0.339. The maximum Gasteiger partial charge on any atom is 0.278 e. The number of piperidine rings is 2. The molecule has 0 spiro atoms. The number of non-ortho nitro benzene ring substituents is 1. The molecule has 7 nitrogen and oxygen atoms in total. The lowest BCUT2D eigenvalue weighted by atomic mass is 9.97. The van der Waals surface area contributed by atoms with Crippen LogP contribution in [0.1, 0.15) is 25.7 Å². The average Bonchev–Trinajstić information content (AvgIpc) is 2.69. The van der Waals surface area contributed by atoms with Gasteiger partial charge in [-0.15, -0.1) is 0 Å². The average molecular weight is 369 g/mol. The van der Waals surface area contributed by atoms with Crippen LogP contribution in [0.15, 0.2) is 30.6 Å². The summed E-state index contributed by atoms with van der Waals surface area (Å²) in [7, 11) is 2.20. The molecule has 2 aliphatic heterocycles. The molecule has 0 radical (unpaired) electrons. The first-order chi connectivity index (χ1) is 13.1. The maximum atomic E-state index is 11.3. The first-order valence-corrected chi connectivity index (χ1v) is 9.82. The Balaban J connectivity index is 1.42. The fourth-order valence-corrected chi connectivity index (χ4v) is 4.45. The van der Waals surface area contributed by atoms with Crippen LogP contribution >= 0.6 is 0 Å². The quantitative estimate of drug-likeness (QED) is 0.659. The molecule has 0 unspecified atom stereocenters. The summed E-state index contributed by atoms with van der Waals surface area (Å²) in [6, 6.07) is 6.42. The Hall–Kier alpha value is -2.25. The van der Waals surface area contributed by atoms with Crippen molar-refractivity contribution in [2.24, 2.45) is 0 Å². The molecule has 4 rings (SSSR count). The monoisotopic (exact) mass is 369 g/mol. The molecule has 3 heterocycles. The summed E-state index contributed by atoms with van der Waals surface area (Å²) in [5.74, 6) is 0. The highest BCUT2D eigenvalue weighted by Gasteiger charge is 2.27. The number of nitro groups is 1. The summed E-state index contributed by atoms with van der Waals surface area (Å²) in [5, 5.41) is 16.4. The normalized spacial score (nSPS) is 20.8. The van der Waals surface area contributed by atoms with Gasteiger partial charge >= 0.3 is 0 Å². The third-order valence-corrected chi connectivity index (χ3v) is 6.09. The van der Waals surface area contributed by atoms with Crippen molar-refractivity contribution >= 4 is 22.1 Å². The molecule has 0 aliphatic carbocycles. The molecule has 1 N–H and O–H groups in total. The zero-order valence-electron chi connectivity index (χ0n) is 15.8. The Morgan fingerprint density at radius 3 is 2.52 bits per heavy atom. The van der Waals surface area contributed by atoms with E-state index >= 15 is 0 Å². The summed E-state index contributed by atoms with van der Waals surface area (Å²) < 4.78 is 0. The van der Waals surface area contributed by atoms with Crippen LogP contribution in [0.25, 0.3) is 10.8 Å². The number of likely N-dealkylation sites (tertiary alicyclic amines) is 2. The number of nitro benzene ring substituents is 1. The first kappa shape index (κ1) is 18.1. The van der Waals surface area contributed by atoms with Gasteiger partial charge in [-0.25, -0.2) is 0 Å². The number of hydrogen-bond donors (Lipinski definition) is 1. The Morgan fingerprint density at radius 1 is 1.07 bits per heavy atom. The van der Waals surface area contributed by atoms with Crippen LogP contribution in [0.2, 0.25) is 0 Å². The van der Waals surface area contributed by atoms with Crippen molar-refractivity contribution in [2.45, 2.75) is 37.8 Å². The van der Waals surface area contributed by atoms with E-state index in [-0.39, 0.29) is 10.6 Å². The highest BCUT2D eigenvalue weighted by Crippen LogP contribution is 2.32. The van der Waals surface area contributed by atoms with E-state index in [0.717, 1.165) is 43.0 Å². The van der Waals surface area contributed by atoms with Gasteiger partial charge in [0.05, 0.1) is 10.3 Å². The Kier molecular flexibility index (Phi) is 5.22. The third-order valence-electron chi connectivity index (χ3n) is 6.09. The maximum absolute atomic E-state index is 11.3. The van der Waals surface area contributed by atoms with Gasteiger partial charge < -0.3 is 15.1 Å². The van der Waals surface area contributed by atoms with Crippen LogP contribution < -0.4 is 5.32 Å². The number of pyridine rings is 1. The van der Waals surface area contributed by atoms with Gasteiger partial charge in [0.1, 0.15) is 0 Å². The van der Waals surface area contributed by atoms with Crippen LogP contribution in [0.3, 0.4) is 0 Å². The van der Waals surface area contributed by atoms with E-state index in [1.54, 1.807) is 18.5 Å². The van der Waals surface area contributed by atoms with Gasteiger partial charge in [0, 0.05) is 54.7 Å². The molecule has 0 saturated carbocycles. The summed E-state index contributed by atoms with van der Waals surface area (Å²) in [5.41, 5.74) is 1.08. The molecule has 7 heteroatoms. The molecule has 2 saturated heterocycles. The smallest absolute Gasteiger partial charge is 0.278 e. The fourth-order valence-electron chi connectivity index (χ4n) is 4.45. The zero-order chi connectivity index (χ0) is 18.8. The number of nitrogens with one attached hydrogen (secondary N) is 1. The standard InChI is InChI=1S/C20H27N5O2/c1-23-10-7-16(8-11-23)24-12-5-15(6-13-24)22-19-2-3-20(25(26)27)18-14-21-9-4-17(18)19/h2-4,9,14-16,22H,5-8,10-13H2,1H3. The number of fused-ring (bicyclic) bond motifs is 1. The molecule has 0 amide bonds. The second-order valence-corrected chi connectivity index (χ2v) is 7.80. The Bertz CT molecular complexity index is 811. The van der Waals surface area contributed by atoms with Crippen molar-refractivity contribution in [3.8, 4) is 0 Å². The van der Waals surface area contributed by atoms with E-state index in [2.05, 4.69) is 27.1 Å². The van der Waals surface area contributed by atoms with Gasteiger partial charge in [-0.3, -0.25) is 15.1 Å². The first-order valence-electron chi connectivity index (χ1n) is 9.82. The second kappa shape index (κ2) is 7.78. The highest BCUT2D eigenvalue weighted by molar-refractivity contribution is 5.99. The predicted octanol–water partition coefficient (Wildman–Crippen LogP) is 3.11. The predicted molar refractivity (Wildman–Crippen MR) is 107 cm³/mol. The van der Waals surface area contributed by atoms with Crippen molar-refractivity contribution in [2.75, 3.05) is 38.5 Å². The van der Waals surface area contributed by atoms with E-state index in [4.69, 9.17) is 0 Å². The molecule has 2 fully saturated rings. The molecule has 2 aliphatic rings. The number of benzene rings is 1. The van der Waals surface area contributed by atoms with Gasteiger partial charge in [-0.05, 0) is 58.0 Å². The van der Waals surface area contributed by atoms with Crippen molar-refractivity contribution < 1.29 is 4.92 Å². The van der Waals surface area contributed by atoms with Crippen LogP contribution in [0.4, 0.5) is 11.4 Å². The molecular weight excluding hydrogens is 342 g/mol. The van der Waals surface area contributed by atoms with E-state index in [0.29, 0.717) is 11.4 Å². The topological polar surface area (TPSA) is 74.5 Å². The lowest BCUT2D eigenvalue weighted by molar-refractivity contribution is -0.383. The number of aromatic nitrogens is 1. The van der Waals surface area contributed by atoms with E-state index in [9.17, 15) is 10.1 Å². The molecule has 0 atom stereocenters. The number of anilines is 1. The largest absolute Gasteiger partial charge is 0.382 e. The van der Waals surface area contributed by atoms with Gasteiger partial charge in [0.25, 0.3) is 5.69 Å². The van der Waals surface area contributed by atoms with Crippen LogP contribution in [-0.4, -0.2) is 65.0 Å². The molecular formula is C20H27N5O2. The third kappa shape index (κ3) is 3.89. The van der Waals surface area contributed by atoms with E-state index in [1.165, 1.54) is 25.9 Å². The van der Waals surface area contributed by atoms with Crippen LogP contribution in [-0.2, 0) is 0 Å². The van der Waals surface area contributed by atoms with Crippen molar-refractivity contribution in [3.63, 3.8) is 0 Å². The lowest BCUT2D eigenvalue weighted by Crippen LogP contribution is -2.48. The summed E-state index contributed by atoms with van der Waals surface area (Å²) in [6.07, 6.45) is 8.04. The molecule has 27 heavy (non-hydrogen) atoms. The zero-order valence-corrected chi connectivity index (χ0v) is 15.8. The minimum Gasteiger partial charge on any atom is -0.382 e. The van der Waals surface area contributed by atoms with Crippen LogP contribution in [0, 0.1) is 10.1 Å². The molecule has 1 aromatic carbocycles. The lowest BCUT2D eigenvalue weighted by Gasteiger charge is -2.41. The Morgan fingerprint density at radius 2 is 1.81 bits per heavy atom. The van der Waals surface area contributed by atoms with Crippen molar-refractivity contribution in [3.05, 3.63) is 40.7 Å². The van der Waals surface area contributed by atoms with Gasteiger partial charge in [0.15, 0.2) is 0 Å². The van der Waals surface area contributed by atoms with Gasteiger partial charge in [0.2, 0.25) is 0 Å². The summed E-state index contributed by atoms with van der Waals surface area (Å²) >= 11 is 0. The Labute approximate surface area is 159 Å². The molecule has 144 valence electrons. The van der Waals surface area contributed by atoms with Gasteiger partial charge in [-0.2, -0.15) is 0 Å². The summed E-state index contributed by atoms with van der Waals surface area (Å²) in [4.78, 5) is 20.1. The van der Waals surface area contributed by atoms with Crippen molar-refractivity contribution in [1.29, 1.82) is 0 Å². The number of nitrogens with zero attached hydrogens (tertiary/aromatic N) is 4. The number of hydrogen-bond acceptors (Lipinski definition) is 6. The second-order valence-electron chi connectivity index (χ2n) is 7.80.